The second kappa shape index (κ2) is 8.03. The van der Waals surface area contributed by atoms with Gasteiger partial charge in [-0.25, -0.2) is 13.8 Å². The molecule has 2 heterocycles. The molecule has 10 heteroatoms. The maximum absolute atomic E-state index is 13.4. The monoisotopic (exact) mass is 447 g/mol. The lowest BCUT2D eigenvalue weighted by molar-refractivity contribution is -0.138. The summed E-state index contributed by atoms with van der Waals surface area (Å²) in [7, 11) is 1.10. The van der Waals surface area contributed by atoms with Gasteiger partial charge in [0.2, 0.25) is 0 Å². The van der Waals surface area contributed by atoms with Gasteiger partial charge in [0.1, 0.15) is 23.2 Å². The van der Waals surface area contributed by atoms with Crippen molar-refractivity contribution in [1.29, 1.82) is 0 Å². The SMILES string of the molecule is COc1cc2nc(Cc3ccc(-c4cc(F)cc(F)c4)nc3)[nH]c(=O)c2cc1C(F)(F)F. The summed E-state index contributed by atoms with van der Waals surface area (Å²) in [6, 6.07) is 8.03. The largest absolute Gasteiger partial charge is 0.496 e. The van der Waals surface area contributed by atoms with Crippen molar-refractivity contribution in [2.45, 2.75) is 12.6 Å². The van der Waals surface area contributed by atoms with Gasteiger partial charge in [-0.2, -0.15) is 13.2 Å². The number of pyridine rings is 1. The van der Waals surface area contributed by atoms with E-state index in [-0.39, 0.29) is 28.7 Å². The Morgan fingerprint density at radius 2 is 1.75 bits per heavy atom. The smallest absolute Gasteiger partial charge is 0.419 e. The van der Waals surface area contributed by atoms with E-state index >= 15 is 0 Å². The molecule has 0 amide bonds. The predicted octanol–water partition coefficient (Wildman–Crippen LogP) is 4.88. The predicted molar refractivity (Wildman–Crippen MR) is 106 cm³/mol. The molecule has 0 fully saturated rings. The molecule has 4 aromatic rings. The van der Waals surface area contributed by atoms with Crippen LogP contribution in [0.5, 0.6) is 5.75 Å². The molecular weight excluding hydrogens is 433 g/mol. The van der Waals surface area contributed by atoms with Gasteiger partial charge in [0.25, 0.3) is 5.56 Å². The van der Waals surface area contributed by atoms with Gasteiger partial charge < -0.3 is 9.72 Å². The summed E-state index contributed by atoms with van der Waals surface area (Å²) in [5.41, 5.74) is -0.519. The molecule has 0 aliphatic heterocycles. The third-order valence-electron chi connectivity index (χ3n) is 4.74. The summed E-state index contributed by atoms with van der Waals surface area (Å²) in [6.07, 6.45) is -3.11. The van der Waals surface area contributed by atoms with Gasteiger partial charge in [0.05, 0.1) is 29.3 Å². The van der Waals surface area contributed by atoms with Crippen molar-refractivity contribution in [3.8, 4) is 17.0 Å². The van der Waals surface area contributed by atoms with Crippen LogP contribution in [0, 0.1) is 11.6 Å². The minimum atomic E-state index is -4.69. The number of H-pyrrole nitrogens is 1. The molecule has 2 aromatic heterocycles. The standard InChI is InChI=1S/C22H14F5N3O2/c1-32-19-9-18-15(8-16(19)22(25,26)27)21(31)30-20(29-18)4-11-2-3-17(28-10-11)12-5-13(23)7-14(24)6-12/h2-3,5-10H,4H2,1H3,(H,29,30,31). The summed E-state index contributed by atoms with van der Waals surface area (Å²) in [5, 5.41) is -0.219. The second-order valence-corrected chi connectivity index (χ2v) is 6.97. The number of fused-ring (bicyclic) bond motifs is 1. The van der Waals surface area contributed by atoms with Gasteiger partial charge >= 0.3 is 6.18 Å². The second-order valence-electron chi connectivity index (χ2n) is 6.97. The molecule has 5 nitrogen and oxygen atoms in total. The van der Waals surface area contributed by atoms with Gasteiger partial charge in [-0.3, -0.25) is 9.78 Å². The molecule has 32 heavy (non-hydrogen) atoms. The summed E-state index contributed by atoms with van der Waals surface area (Å²) in [6.45, 7) is 0. The van der Waals surface area contributed by atoms with Gasteiger partial charge in [-0.15, -0.1) is 0 Å². The molecule has 164 valence electrons. The average molecular weight is 447 g/mol. The summed E-state index contributed by atoms with van der Waals surface area (Å²) < 4.78 is 71.2. The van der Waals surface area contributed by atoms with E-state index in [1.54, 1.807) is 12.1 Å². The van der Waals surface area contributed by atoms with Crippen molar-refractivity contribution in [1.82, 2.24) is 15.0 Å². The Balaban J connectivity index is 1.66. The molecule has 0 aliphatic carbocycles. The molecule has 2 aromatic carbocycles. The molecule has 0 unspecified atom stereocenters. The fraction of sp³-hybridized carbons (Fsp3) is 0.136. The molecule has 0 saturated heterocycles. The van der Waals surface area contributed by atoms with Crippen LogP contribution >= 0.6 is 0 Å². The Morgan fingerprint density at radius 1 is 1.03 bits per heavy atom. The quantitative estimate of drug-likeness (QED) is 0.453. The van der Waals surface area contributed by atoms with Crippen LogP contribution in [-0.2, 0) is 12.6 Å². The van der Waals surface area contributed by atoms with E-state index in [2.05, 4.69) is 15.0 Å². The van der Waals surface area contributed by atoms with Crippen molar-refractivity contribution in [3.63, 3.8) is 0 Å². The zero-order chi connectivity index (χ0) is 23.0. The number of aromatic nitrogens is 3. The lowest BCUT2D eigenvalue weighted by Gasteiger charge is -2.13. The van der Waals surface area contributed by atoms with Gasteiger partial charge in [-0.05, 0) is 29.8 Å². The first-order chi connectivity index (χ1) is 15.1. The molecule has 0 spiro atoms. The highest BCUT2D eigenvalue weighted by Gasteiger charge is 2.35. The average Bonchev–Trinajstić information content (AvgIpc) is 2.72. The van der Waals surface area contributed by atoms with Crippen LogP contribution in [0.3, 0.4) is 0 Å². The minimum Gasteiger partial charge on any atom is -0.496 e. The van der Waals surface area contributed by atoms with Gasteiger partial charge in [0, 0.05) is 30.3 Å². The van der Waals surface area contributed by atoms with Crippen molar-refractivity contribution in [2.24, 2.45) is 0 Å². The highest BCUT2D eigenvalue weighted by Crippen LogP contribution is 2.37. The lowest BCUT2D eigenvalue weighted by Crippen LogP contribution is -2.15. The van der Waals surface area contributed by atoms with Crippen LogP contribution in [0.25, 0.3) is 22.2 Å². The number of nitrogens with one attached hydrogen (secondary N) is 1. The third-order valence-corrected chi connectivity index (χ3v) is 4.74. The number of aromatic amines is 1. The lowest BCUT2D eigenvalue weighted by atomic mass is 10.1. The number of ether oxygens (including phenoxy) is 1. The number of methoxy groups -OCH3 is 1. The fourth-order valence-corrected chi connectivity index (χ4v) is 3.28. The molecular formula is C22H14F5N3O2. The molecule has 4 rings (SSSR count). The maximum atomic E-state index is 13.4. The molecule has 0 bridgehead atoms. The number of hydrogen-bond acceptors (Lipinski definition) is 4. The van der Waals surface area contributed by atoms with Crippen molar-refractivity contribution in [2.75, 3.05) is 7.11 Å². The van der Waals surface area contributed by atoms with Crippen LogP contribution in [-0.4, -0.2) is 22.1 Å². The normalized spacial score (nSPS) is 11.7. The number of benzene rings is 2. The number of alkyl halides is 3. The Kier molecular flexibility index (Phi) is 5.37. The molecule has 0 radical (unpaired) electrons. The highest BCUT2D eigenvalue weighted by atomic mass is 19.4. The van der Waals surface area contributed by atoms with Crippen LogP contribution in [0.2, 0.25) is 0 Å². The van der Waals surface area contributed by atoms with Crippen molar-refractivity contribution in [3.05, 3.63) is 87.6 Å². The molecule has 1 N–H and O–H groups in total. The van der Waals surface area contributed by atoms with Crippen LogP contribution in [0.4, 0.5) is 22.0 Å². The Morgan fingerprint density at radius 3 is 2.34 bits per heavy atom. The molecule has 0 saturated carbocycles. The van der Waals surface area contributed by atoms with E-state index < -0.39 is 34.7 Å². The van der Waals surface area contributed by atoms with Crippen molar-refractivity contribution >= 4 is 10.9 Å². The van der Waals surface area contributed by atoms with E-state index in [4.69, 9.17) is 4.74 Å². The summed E-state index contributed by atoms with van der Waals surface area (Å²) in [5.74, 6) is -1.70. The number of nitrogens with zero attached hydrogens (tertiary/aromatic N) is 2. The number of rotatable bonds is 4. The van der Waals surface area contributed by atoms with Crippen molar-refractivity contribution < 1.29 is 26.7 Å². The Bertz CT molecular complexity index is 1350. The molecule has 0 aliphatic rings. The minimum absolute atomic E-state index is 0.0495. The molecule has 0 atom stereocenters. The van der Waals surface area contributed by atoms with Gasteiger partial charge in [0.15, 0.2) is 0 Å². The van der Waals surface area contributed by atoms with E-state index in [1.165, 1.54) is 6.20 Å². The Hall–Kier alpha value is -3.82. The number of halogens is 5. The van der Waals surface area contributed by atoms with Crippen LogP contribution in [0.15, 0.2) is 53.5 Å². The third kappa shape index (κ3) is 4.29. The first-order valence-corrected chi connectivity index (χ1v) is 9.23. The topological polar surface area (TPSA) is 67.9 Å². The number of hydrogen-bond donors (Lipinski definition) is 1. The first kappa shape index (κ1) is 21.4. The maximum Gasteiger partial charge on any atom is 0.419 e. The van der Waals surface area contributed by atoms with Gasteiger partial charge in [-0.1, -0.05) is 6.07 Å². The van der Waals surface area contributed by atoms with E-state index in [0.717, 1.165) is 31.4 Å². The van der Waals surface area contributed by atoms with E-state index in [9.17, 15) is 26.7 Å². The highest BCUT2D eigenvalue weighted by molar-refractivity contribution is 5.80. The summed E-state index contributed by atoms with van der Waals surface area (Å²) >= 11 is 0. The first-order valence-electron chi connectivity index (χ1n) is 9.23. The van der Waals surface area contributed by atoms with E-state index in [0.29, 0.717) is 17.3 Å². The van der Waals surface area contributed by atoms with Crippen LogP contribution < -0.4 is 10.3 Å². The van der Waals surface area contributed by atoms with E-state index in [1.807, 2.05) is 0 Å². The zero-order valence-electron chi connectivity index (χ0n) is 16.4. The Labute approximate surface area is 177 Å². The fourth-order valence-electron chi connectivity index (χ4n) is 3.28. The summed E-state index contributed by atoms with van der Waals surface area (Å²) in [4.78, 5) is 23.3. The zero-order valence-corrected chi connectivity index (χ0v) is 16.4. The van der Waals surface area contributed by atoms with Crippen LogP contribution in [0.1, 0.15) is 17.0 Å².